The lowest BCUT2D eigenvalue weighted by atomic mass is 9.86. The molecule has 110 valence electrons. The van der Waals surface area contributed by atoms with Crippen molar-refractivity contribution >= 4 is 0 Å². The van der Waals surface area contributed by atoms with Crippen LogP contribution in [0.2, 0.25) is 0 Å². The van der Waals surface area contributed by atoms with E-state index in [1.165, 1.54) is 51.0 Å². The minimum atomic E-state index is 0.260. The van der Waals surface area contributed by atoms with Gasteiger partial charge >= 0.3 is 0 Å². The van der Waals surface area contributed by atoms with Gasteiger partial charge in [0.05, 0.1) is 0 Å². The Balaban J connectivity index is 1.69. The molecule has 3 rings (SSSR count). The van der Waals surface area contributed by atoms with Crippen molar-refractivity contribution in [3.63, 3.8) is 0 Å². The third kappa shape index (κ3) is 2.62. The highest BCUT2D eigenvalue weighted by atomic mass is 15.3. The number of piperidine rings is 1. The van der Waals surface area contributed by atoms with E-state index in [1.807, 2.05) is 0 Å². The van der Waals surface area contributed by atoms with E-state index in [0.717, 1.165) is 6.54 Å². The molecule has 1 aromatic carbocycles. The third-order valence-electron chi connectivity index (χ3n) is 5.43. The summed E-state index contributed by atoms with van der Waals surface area (Å²) in [5.41, 5.74) is 7.94. The highest BCUT2D eigenvalue weighted by molar-refractivity contribution is 5.21. The predicted molar refractivity (Wildman–Crippen MR) is 83.9 cm³/mol. The molecule has 1 atom stereocenters. The highest BCUT2D eigenvalue weighted by Gasteiger charge is 2.41. The van der Waals surface area contributed by atoms with Gasteiger partial charge in [-0.15, -0.1) is 0 Å². The van der Waals surface area contributed by atoms with Gasteiger partial charge in [-0.25, -0.2) is 0 Å². The Morgan fingerprint density at radius 2 is 1.85 bits per heavy atom. The van der Waals surface area contributed by atoms with Crippen LogP contribution in [0.15, 0.2) is 30.3 Å². The van der Waals surface area contributed by atoms with E-state index < -0.39 is 0 Å². The summed E-state index contributed by atoms with van der Waals surface area (Å²) < 4.78 is 0. The van der Waals surface area contributed by atoms with Gasteiger partial charge in [0.25, 0.3) is 0 Å². The lowest BCUT2D eigenvalue weighted by Crippen LogP contribution is -2.58. The summed E-state index contributed by atoms with van der Waals surface area (Å²) in [4.78, 5) is 5.12. The zero-order valence-corrected chi connectivity index (χ0v) is 12.6. The fraction of sp³-hybridized carbons (Fsp3) is 0.647. The van der Waals surface area contributed by atoms with E-state index in [4.69, 9.17) is 5.73 Å². The van der Waals surface area contributed by atoms with Crippen molar-refractivity contribution in [2.24, 2.45) is 5.73 Å². The lowest BCUT2D eigenvalue weighted by molar-refractivity contribution is 0.0514. The van der Waals surface area contributed by atoms with Gasteiger partial charge in [-0.05, 0) is 57.4 Å². The van der Waals surface area contributed by atoms with Gasteiger partial charge in [0.1, 0.15) is 0 Å². The van der Waals surface area contributed by atoms with Crippen LogP contribution in [0.5, 0.6) is 0 Å². The summed E-state index contributed by atoms with van der Waals surface area (Å²) in [7, 11) is 2.22. The molecule has 0 saturated carbocycles. The van der Waals surface area contributed by atoms with Gasteiger partial charge in [0.15, 0.2) is 0 Å². The zero-order chi connectivity index (χ0) is 14.0. The maximum absolute atomic E-state index is 6.19. The largest absolute Gasteiger partial charge is 0.329 e. The Hall–Kier alpha value is -0.900. The molecule has 0 bridgehead atoms. The average molecular weight is 273 g/mol. The Bertz CT molecular complexity index is 423. The smallest absolute Gasteiger partial charge is 0.0356 e. The van der Waals surface area contributed by atoms with E-state index in [1.54, 1.807) is 0 Å². The molecule has 3 nitrogen and oxygen atoms in total. The summed E-state index contributed by atoms with van der Waals surface area (Å²) in [6.45, 7) is 5.57. The topological polar surface area (TPSA) is 32.5 Å². The lowest BCUT2D eigenvalue weighted by Gasteiger charge is -2.46. The van der Waals surface area contributed by atoms with E-state index >= 15 is 0 Å². The molecule has 2 saturated heterocycles. The van der Waals surface area contributed by atoms with Crippen molar-refractivity contribution in [3.05, 3.63) is 35.9 Å². The quantitative estimate of drug-likeness (QED) is 0.913. The van der Waals surface area contributed by atoms with Gasteiger partial charge in [-0.1, -0.05) is 30.3 Å². The van der Waals surface area contributed by atoms with Gasteiger partial charge in [-0.3, -0.25) is 4.90 Å². The molecule has 1 unspecified atom stereocenters. The van der Waals surface area contributed by atoms with Crippen LogP contribution in [0.3, 0.4) is 0 Å². The number of nitrogens with zero attached hydrogens (tertiary/aromatic N) is 2. The SMILES string of the molecule is CN1CCC(CN)(N2CCC(c3ccccc3)C2)CC1. The molecule has 0 aromatic heterocycles. The number of likely N-dealkylation sites (tertiary alicyclic amines) is 2. The standard InChI is InChI=1S/C17H27N3/c1-19-11-8-17(14-18,9-12-19)20-10-7-16(13-20)15-5-3-2-4-6-15/h2-6,16H,7-14,18H2,1H3. The highest BCUT2D eigenvalue weighted by Crippen LogP contribution is 2.36. The van der Waals surface area contributed by atoms with Crippen LogP contribution < -0.4 is 5.73 Å². The van der Waals surface area contributed by atoms with Crippen LogP contribution >= 0.6 is 0 Å². The summed E-state index contributed by atoms with van der Waals surface area (Å²) in [6, 6.07) is 11.0. The Morgan fingerprint density at radius 1 is 1.15 bits per heavy atom. The van der Waals surface area contributed by atoms with Crippen LogP contribution in [0.25, 0.3) is 0 Å². The van der Waals surface area contributed by atoms with Crippen molar-refractivity contribution < 1.29 is 0 Å². The van der Waals surface area contributed by atoms with Gasteiger partial charge < -0.3 is 10.6 Å². The Labute approximate surface area is 122 Å². The molecule has 2 N–H and O–H groups in total. The molecule has 2 aliphatic heterocycles. The van der Waals surface area contributed by atoms with Crippen LogP contribution in [0.1, 0.15) is 30.7 Å². The zero-order valence-electron chi connectivity index (χ0n) is 12.6. The molecular weight excluding hydrogens is 246 g/mol. The van der Waals surface area contributed by atoms with Gasteiger partial charge in [0.2, 0.25) is 0 Å². The van der Waals surface area contributed by atoms with E-state index in [2.05, 4.69) is 47.2 Å². The number of benzene rings is 1. The molecule has 2 aliphatic rings. The predicted octanol–water partition coefficient (Wildman–Crippen LogP) is 1.90. The van der Waals surface area contributed by atoms with Crippen molar-refractivity contribution in [1.82, 2.24) is 9.80 Å². The summed E-state index contributed by atoms with van der Waals surface area (Å²) in [5, 5.41) is 0. The number of nitrogens with two attached hydrogens (primary N) is 1. The molecule has 20 heavy (non-hydrogen) atoms. The molecule has 0 aliphatic carbocycles. The first-order valence-electron chi connectivity index (χ1n) is 7.92. The average Bonchev–Trinajstić information content (AvgIpc) is 3.00. The third-order valence-corrected chi connectivity index (χ3v) is 5.43. The van der Waals surface area contributed by atoms with E-state index in [0.29, 0.717) is 5.92 Å². The number of hydrogen-bond acceptors (Lipinski definition) is 3. The van der Waals surface area contributed by atoms with Crippen molar-refractivity contribution in [2.45, 2.75) is 30.7 Å². The molecule has 1 aromatic rings. The first-order chi connectivity index (χ1) is 9.73. The second-order valence-corrected chi connectivity index (χ2v) is 6.57. The van der Waals surface area contributed by atoms with Crippen LogP contribution in [-0.2, 0) is 0 Å². The maximum Gasteiger partial charge on any atom is 0.0356 e. The van der Waals surface area contributed by atoms with Crippen LogP contribution in [-0.4, -0.2) is 55.1 Å². The number of hydrogen-bond donors (Lipinski definition) is 1. The second kappa shape index (κ2) is 5.84. The Morgan fingerprint density at radius 3 is 2.50 bits per heavy atom. The van der Waals surface area contributed by atoms with E-state index in [9.17, 15) is 0 Å². The summed E-state index contributed by atoms with van der Waals surface area (Å²) in [5.74, 6) is 0.694. The normalized spacial score (nSPS) is 27.8. The summed E-state index contributed by atoms with van der Waals surface area (Å²) in [6.07, 6.45) is 3.73. The van der Waals surface area contributed by atoms with E-state index in [-0.39, 0.29) is 5.54 Å². The molecule has 2 fully saturated rings. The van der Waals surface area contributed by atoms with Gasteiger partial charge in [0, 0.05) is 18.6 Å². The van der Waals surface area contributed by atoms with Crippen molar-refractivity contribution in [2.75, 3.05) is 39.8 Å². The fourth-order valence-corrected chi connectivity index (χ4v) is 3.87. The molecule has 2 heterocycles. The molecule has 0 radical (unpaired) electrons. The van der Waals surface area contributed by atoms with Crippen LogP contribution in [0, 0.1) is 0 Å². The molecule has 0 spiro atoms. The monoisotopic (exact) mass is 273 g/mol. The van der Waals surface area contributed by atoms with Crippen molar-refractivity contribution in [1.29, 1.82) is 0 Å². The summed E-state index contributed by atoms with van der Waals surface area (Å²) >= 11 is 0. The minimum absolute atomic E-state index is 0.260. The molecule has 0 amide bonds. The minimum Gasteiger partial charge on any atom is -0.329 e. The molecular formula is C17H27N3. The fourth-order valence-electron chi connectivity index (χ4n) is 3.87. The number of rotatable bonds is 3. The molecule has 3 heteroatoms. The maximum atomic E-state index is 6.19. The van der Waals surface area contributed by atoms with Gasteiger partial charge in [-0.2, -0.15) is 0 Å². The Kier molecular flexibility index (Phi) is 4.11. The van der Waals surface area contributed by atoms with Crippen molar-refractivity contribution in [3.8, 4) is 0 Å². The first kappa shape index (κ1) is 14.1. The van der Waals surface area contributed by atoms with Crippen LogP contribution in [0.4, 0.5) is 0 Å². The first-order valence-corrected chi connectivity index (χ1v) is 7.92. The second-order valence-electron chi connectivity index (χ2n) is 6.57.